The second kappa shape index (κ2) is 5.94. The summed E-state index contributed by atoms with van der Waals surface area (Å²) in [6.07, 6.45) is 3.39. The van der Waals surface area contributed by atoms with Crippen LogP contribution in [0.15, 0.2) is 30.9 Å². The zero-order valence-corrected chi connectivity index (χ0v) is 9.67. The van der Waals surface area contributed by atoms with Crippen LogP contribution in [-0.2, 0) is 6.54 Å². The first-order valence-electron chi connectivity index (χ1n) is 5.50. The number of benzene rings is 1. The molecule has 0 atom stereocenters. The van der Waals surface area contributed by atoms with E-state index in [2.05, 4.69) is 21.9 Å². The molecule has 0 aliphatic rings. The summed E-state index contributed by atoms with van der Waals surface area (Å²) >= 11 is 0. The van der Waals surface area contributed by atoms with Crippen molar-refractivity contribution >= 4 is 0 Å². The maximum absolute atomic E-state index is 13.5. The van der Waals surface area contributed by atoms with Crippen LogP contribution in [0.25, 0.3) is 0 Å². The Morgan fingerprint density at radius 2 is 2.28 bits per heavy atom. The second-order valence-corrected chi connectivity index (χ2v) is 3.68. The molecule has 1 aromatic heterocycles. The van der Waals surface area contributed by atoms with Crippen molar-refractivity contribution in [2.45, 2.75) is 13.0 Å². The summed E-state index contributed by atoms with van der Waals surface area (Å²) < 4.78 is 15.1. The monoisotopic (exact) mass is 245 g/mol. The van der Waals surface area contributed by atoms with Gasteiger partial charge >= 0.3 is 0 Å². The molecule has 0 unspecified atom stereocenters. The number of hydrogen-bond donors (Lipinski definition) is 1. The number of aliphatic hydroxyl groups excluding tert-OH is 1. The Bertz CT molecular complexity index is 570. The minimum Gasteiger partial charge on any atom is -0.395 e. The van der Waals surface area contributed by atoms with E-state index in [1.807, 2.05) is 0 Å². The van der Waals surface area contributed by atoms with E-state index < -0.39 is 0 Å². The summed E-state index contributed by atoms with van der Waals surface area (Å²) in [5.41, 5.74) is 1.23. The summed E-state index contributed by atoms with van der Waals surface area (Å²) in [6, 6.07) is 4.75. The number of nitrogens with zero attached hydrogens (tertiary/aromatic N) is 3. The van der Waals surface area contributed by atoms with Crippen LogP contribution < -0.4 is 0 Å². The van der Waals surface area contributed by atoms with E-state index in [0.29, 0.717) is 18.5 Å². The SMILES string of the molecule is OCCC#Cc1cc(Cn2cncn2)ccc1F. The fraction of sp³-hybridized carbons (Fsp3) is 0.231. The predicted octanol–water partition coefficient (Wildman–Crippen LogP) is 1.20. The smallest absolute Gasteiger partial charge is 0.138 e. The molecule has 1 heterocycles. The summed E-state index contributed by atoms with van der Waals surface area (Å²) in [4.78, 5) is 3.84. The molecular weight excluding hydrogens is 233 g/mol. The first-order chi connectivity index (χ1) is 8.79. The lowest BCUT2D eigenvalue weighted by Gasteiger charge is -2.02. The van der Waals surface area contributed by atoms with E-state index in [9.17, 15) is 4.39 Å². The van der Waals surface area contributed by atoms with Crippen molar-refractivity contribution in [1.82, 2.24) is 14.8 Å². The molecule has 0 saturated heterocycles. The standard InChI is InChI=1S/C13H12FN3O/c14-13-5-4-11(8-17-10-15-9-16-17)7-12(13)3-1-2-6-18/h4-5,7,9-10,18H,2,6,8H2. The van der Waals surface area contributed by atoms with Crippen molar-refractivity contribution in [3.63, 3.8) is 0 Å². The molecule has 0 spiro atoms. The molecule has 92 valence electrons. The second-order valence-electron chi connectivity index (χ2n) is 3.68. The molecule has 0 radical (unpaired) electrons. The van der Waals surface area contributed by atoms with Crippen molar-refractivity contribution in [2.75, 3.05) is 6.61 Å². The van der Waals surface area contributed by atoms with Crippen LogP contribution in [0.5, 0.6) is 0 Å². The van der Waals surface area contributed by atoms with Crippen molar-refractivity contribution in [1.29, 1.82) is 0 Å². The number of hydrogen-bond acceptors (Lipinski definition) is 3. The highest BCUT2D eigenvalue weighted by molar-refractivity contribution is 5.38. The van der Waals surface area contributed by atoms with Gasteiger partial charge in [-0.1, -0.05) is 17.9 Å². The number of halogens is 1. The van der Waals surface area contributed by atoms with Crippen molar-refractivity contribution in [3.05, 3.63) is 47.8 Å². The number of aromatic nitrogens is 3. The van der Waals surface area contributed by atoms with E-state index in [4.69, 9.17) is 5.11 Å². The van der Waals surface area contributed by atoms with Gasteiger partial charge in [-0.05, 0) is 17.7 Å². The third kappa shape index (κ3) is 3.15. The average molecular weight is 245 g/mol. The highest BCUT2D eigenvalue weighted by Crippen LogP contribution is 2.10. The van der Waals surface area contributed by atoms with E-state index in [1.54, 1.807) is 23.1 Å². The van der Waals surface area contributed by atoms with Crippen molar-refractivity contribution in [2.24, 2.45) is 0 Å². The topological polar surface area (TPSA) is 50.9 Å². The molecule has 4 nitrogen and oxygen atoms in total. The van der Waals surface area contributed by atoms with Gasteiger partial charge in [0.15, 0.2) is 0 Å². The lowest BCUT2D eigenvalue weighted by Crippen LogP contribution is -2.00. The Morgan fingerprint density at radius 3 is 3.00 bits per heavy atom. The first-order valence-corrected chi connectivity index (χ1v) is 5.50. The lowest BCUT2D eigenvalue weighted by atomic mass is 10.1. The van der Waals surface area contributed by atoms with Gasteiger partial charge in [0.25, 0.3) is 0 Å². The van der Waals surface area contributed by atoms with Gasteiger partial charge in [-0.15, -0.1) is 0 Å². The molecule has 0 saturated carbocycles. The van der Waals surface area contributed by atoms with Gasteiger partial charge in [-0.25, -0.2) is 14.1 Å². The first kappa shape index (κ1) is 12.3. The highest BCUT2D eigenvalue weighted by Gasteiger charge is 2.02. The van der Waals surface area contributed by atoms with Crippen molar-refractivity contribution in [3.8, 4) is 11.8 Å². The van der Waals surface area contributed by atoms with Crippen LogP contribution in [0.3, 0.4) is 0 Å². The summed E-state index contributed by atoms with van der Waals surface area (Å²) in [5.74, 6) is 5.05. The maximum atomic E-state index is 13.5. The molecule has 0 aliphatic carbocycles. The molecule has 0 bridgehead atoms. The number of aliphatic hydroxyl groups is 1. The van der Waals surface area contributed by atoms with Gasteiger partial charge < -0.3 is 5.11 Å². The normalized spacial score (nSPS) is 9.89. The van der Waals surface area contributed by atoms with Crippen LogP contribution in [0, 0.1) is 17.7 Å². The van der Waals surface area contributed by atoms with Gasteiger partial charge in [-0.2, -0.15) is 5.10 Å². The highest BCUT2D eigenvalue weighted by atomic mass is 19.1. The summed E-state index contributed by atoms with van der Waals surface area (Å²) in [7, 11) is 0. The fourth-order valence-electron chi connectivity index (χ4n) is 1.48. The van der Waals surface area contributed by atoms with Crippen molar-refractivity contribution < 1.29 is 9.50 Å². The summed E-state index contributed by atoms with van der Waals surface area (Å²) in [5, 5.41) is 12.6. The Morgan fingerprint density at radius 1 is 1.39 bits per heavy atom. The third-order valence-electron chi connectivity index (χ3n) is 2.30. The van der Waals surface area contributed by atoms with Crippen LogP contribution >= 0.6 is 0 Å². The largest absolute Gasteiger partial charge is 0.395 e. The van der Waals surface area contributed by atoms with E-state index in [0.717, 1.165) is 5.56 Å². The van der Waals surface area contributed by atoms with Crippen LogP contribution in [0.4, 0.5) is 4.39 Å². The van der Waals surface area contributed by atoms with Crippen LogP contribution in [0.1, 0.15) is 17.5 Å². The Kier molecular flexibility index (Phi) is 4.05. The Balaban J connectivity index is 2.19. The molecular formula is C13H12FN3O. The lowest BCUT2D eigenvalue weighted by molar-refractivity contribution is 0.305. The van der Waals surface area contributed by atoms with Gasteiger partial charge in [0.1, 0.15) is 18.5 Å². The quantitative estimate of drug-likeness (QED) is 0.827. The third-order valence-corrected chi connectivity index (χ3v) is 2.30. The maximum Gasteiger partial charge on any atom is 0.138 e. The zero-order valence-electron chi connectivity index (χ0n) is 9.67. The predicted molar refractivity (Wildman–Crippen MR) is 64.1 cm³/mol. The van der Waals surface area contributed by atoms with Crippen LogP contribution in [0.2, 0.25) is 0 Å². The van der Waals surface area contributed by atoms with Gasteiger partial charge in [-0.3, -0.25) is 0 Å². The van der Waals surface area contributed by atoms with E-state index >= 15 is 0 Å². The van der Waals surface area contributed by atoms with E-state index in [-0.39, 0.29) is 12.4 Å². The number of rotatable bonds is 3. The molecule has 2 aromatic rings. The fourth-order valence-corrected chi connectivity index (χ4v) is 1.48. The molecule has 18 heavy (non-hydrogen) atoms. The van der Waals surface area contributed by atoms with Gasteiger partial charge in [0, 0.05) is 6.42 Å². The molecule has 2 rings (SSSR count). The minimum absolute atomic E-state index is 0.0206. The average Bonchev–Trinajstić information content (AvgIpc) is 2.86. The minimum atomic E-state index is -0.359. The molecule has 1 N–H and O–H groups in total. The van der Waals surface area contributed by atoms with Crippen LogP contribution in [-0.4, -0.2) is 26.5 Å². The van der Waals surface area contributed by atoms with Gasteiger partial charge in [0.05, 0.1) is 18.7 Å². The Labute approximate surface area is 104 Å². The van der Waals surface area contributed by atoms with Gasteiger partial charge in [0.2, 0.25) is 0 Å². The molecule has 0 aliphatic heterocycles. The molecule has 5 heteroatoms. The molecule has 0 fully saturated rings. The zero-order chi connectivity index (χ0) is 12.8. The Hall–Kier alpha value is -2.19. The molecule has 0 amide bonds. The van der Waals surface area contributed by atoms with E-state index in [1.165, 1.54) is 12.4 Å². The molecule has 1 aromatic carbocycles. The summed E-state index contributed by atoms with van der Waals surface area (Å²) in [6.45, 7) is 0.502.